The van der Waals surface area contributed by atoms with Crippen molar-refractivity contribution in [1.82, 2.24) is 9.62 Å². The lowest BCUT2D eigenvalue weighted by molar-refractivity contribution is -0.137. The van der Waals surface area contributed by atoms with E-state index in [1.165, 1.54) is 12.1 Å². The van der Waals surface area contributed by atoms with E-state index in [0.29, 0.717) is 11.1 Å². The van der Waals surface area contributed by atoms with Crippen LogP contribution in [0.4, 0.5) is 22.0 Å². The largest absolute Gasteiger partial charge is 0.490 e. The van der Waals surface area contributed by atoms with Gasteiger partial charge in [0.25, 0.3) is 5.91 Å². The maximum atomic E-state index is 15.7. The van der Waals surface area contributed by atoms with Gasteiger partial charge in [-0.15, -0.1) is 0 Å². The standard InChI is InChI=1S/C26H28ClF5N2O4S/c1-15(17-9-18(26(30,31)32)11-19(27)10-17)34-7-5-25(29,6-8-34)14-38-23-13-22(28)21(12-20(23)16-3-4-16)24(35)33-39(2,36)37/h9-13,15-16H,3-8,14H2,1-2H3,(H,33,35)/t15-/m0/s1. The highest BCUT2D eigenvalue weighted by Gasteiger charge is 2.39. The second-order valence-corrected chi connectivity index (χ2v) is 12.5. The van der Waals surface area contributed by atoms with Gasteiger partial charge in [0.05, 0.1) is 17.4 Å². The molecular weight excluding hydrogens is 567 g/mol. The minimum absolute atomic E-state index is 0.0112. The Kier molecular flexibility index (Phi) is 8.22. The van der Waals surface area contributed by atoms with Crippen molar-refractivity contribution in [3.63, 3.8) is 0 Å². The molecule has 39 heavy (non-hydrogen) atoms. The molecule has 2 aliphatic rings. The predicted octanol–water partition coefficient (Wildman–Crippen LogP) is 6.01. The number of halogens is 6. The first-order valence-electron chi connectivity index (χ1n) is 12.3. The van der Waals surface area contributed by atoms with Crippen molar-refractivity contribution >= 4 is 27.5 Å². The number of alkyl halides is 4. The molecular formula is C26H28ClF5N2O4S. The third-order valence-electron chi connectivity index (χ3n) is 7.10. The summed E-state index contributed by atoms with van der Waals surface area (Å²) in [6.07, 6.45) is -2.14. The topological polar surface area (TPSA) is 75.7 Å². The zero-order valence-electron chi connectivity index (χ0n) is 21.2. The van der Waals surface area contributed by atoms with Crippen LogP contribution >= 0.6 is 11.6 Å². The fourth-order valence-corrected chi connectivity index (χ4v) is 5.39. The Balaban J connectivity index is 1.42. The van der Waals surface area contributed by atoms with Gasteiger partial charge in [-0.2, -0.15) is 13.2 Å². The minimum Gasteiger partial charge on any atom is -0.490 e. The molecule has 0 radical (unpaired) electrons. The van der Waals surface area contributed by atoms with E-state index in [9.17, 15) is 30.8 Å². The minimum atomic E-state index is -4.54. The van der Waals surface area contributed by atoms with Crippen LogP contribution in [0.25, 0.3) is 0 Å². The summed E-state index contributed by atoms with van der Waals surface area (Å²) in [6, 6.07) is 5.17. The molecule has 6 nitrogen and oxygen atoms in total. The number of hydrogen-bond donors (Lipinski definition) is 1. The van der Waals surface area contributed by atoms with E-state index in [1.807, 2.05) is 4.90 Å². The normalized spacial score (nSPS) is 19.0. The molecule has 2 aromatic rings. The molecule has 1 aliphatic heterocycles. The predicted molar refractivity (Wildman–Crippen MR) is 136 cm³/mol. The number of nitrogens with one attached hydrogen (secondary N) is 1. The number of amides is 1. The Bertz CT molecular complexity index is 1360. The first-order valence-corrected chi connectivity index (χ1v) is 14.6. The zero-order chi connectivity index (χ0) is 28.8. The molecule has 1 heterocycles. The third-order valence-corrected chi connectivity index (χ3v) is 7.87. The molecule has 1 atom stereocenters. The molecule has 13 heteroatoms. The van der Waals surface area contributed by atoms with E-state index in [0.717, 1.165) is 37.3 Å². The maximum absolute atomic E-state index is 15.7. The van der Waals surface area contributed by atoms with Gasteiger partial charge in [-0.1, -0.05) is 11.6 Å². The van der Waals surface area contributed by atoms with Crippen LogP contribution in [0, 0.1) is 5.82 Å². The molecule has 1 saturated carbocycles. The van der Waals surface area contributed by atoms with Crippen molar-refractivity contribution in [2.45, 2.75) is 56.4 Å². The Morgan fingerprint density at radius 3 is 2.38 bits per heavy atom. The van der Waals surface area contributed by atoms with Crippen molar-refractivity contribution in [1.29, 1.82) is 0 Å². The lowest BCUT2D eigenvalue weighted by Gasteiger charge is -2.39. The molecule has 1 aliphatic carbocycles. The van der Waals surface area contributed by atoms with Gasteiger partial charge >= 0.3 is 6.18 Å². The molecule has 0 spiro atoms. The van der Waals surface area contributed by atoms with E-state index >= 15 is 4.39 Å². The van der Waals surface area contributed by atoms with Gasteiger partial charge in [0.2, 0.25) is 10.0 Å². The van der Waals surface area contributed by atoms with E-state index in [1.54, 1.807) is 11.6 Å². The molecule has 2 aromatic carbocycles. The van der Waals surface area contributed by atoms with Crippen molar-refractivity contribution < 1.29 is 39.9 Å². The SMILES string of the molecule is C[C@@H](c1cc(Cl)cc(C(F)(F)F)c1)N1CCC(F)(COc2cc(F)c(C(=O)NS(C)(=O)=O)cc2C2CC2)CC1. The number of ether oxygens (including phenoxy) is 1. The van der Waals surface area contributed by atoms with Gasteiger partial charge in [-0.25, -0.2) is 21.9 Å². The van der Waals surface area contributed by atoms with Gasteiger partial charge in [0.1, 0.15) is 23.8 Å². The smallest absolute Gasteiger partial charge is 0.416 e. The van der Waals surface area contributed by atoms with Crippen LogP contribution in [0.5, 0.6) is 5.75 Å². The average molecular weight is 595 g/mol. The summed E-state index contributed by atoms with van der Waals surface area (Å²) in [6.45, 7) is 1.87. The van der Waals surface area contributed by atoms with Gasteiger partial charge in [-0.3, -0.25) is 9.69 Å². The summed E-state index contributed by atoms with van der Waals surface area (Å²) in [4.78, 5) is 14.1. The van der Waals surface area contributed by atoms with Crippen LogP contribution in [-0.4, -0.2) is 50.8 Å². The number of piperidine rings is 1. The first-order chi connectivity index (χ1) is 18.0. The molecule has 4 rings (SSSR count). The van der Waals surface area contributed by atoms with Crippen LogP contribution in [0.2, 0.25) is 5.02 Å². The zero-order valence-corrected chi connectivity index (χ0v) is 22.8. The number of sulfonamides is 1. The second-order valence-electron chi connectivity index (χ2n) is 10.3. The van der Waals surface area contributed by atoms with Crippen LogP contribution in [-0.2, 0) is 16.2 Å². The van der Waals surface area contributed by atoms with Crippen molar-refractivity contribution in [3.05, 3.63) is 63.4 Å². The average Bonchev–Trinajstić information content (AvgIpc) is 3.66. The number of nitrogens with zero attached hydrogens (tertiary/aromatic N) is 1. The summed E-state index contributed by atoms with van der Waals surface area (Å²) >= 11 is 5.92. The number of carbonyl (C=O) groups is 1. The molecule has 2 fully saturated rings. The monoisotopic (exact) mass is 594 g/mol. The lowest BCUT2D eigenvalue weighted by atomic mass is 9.92. The molecule has 1 saturated heterocycles. The van der Waals surface area contributed by atoms with Crippen LogP contribution in [0.1, 0.15) is 71.6 Å². The second kappa shape index (κ2) is 10.9. The highest BCUT2D eigenvalue weighted by Crippen LogP contribution is 2.45. The highest BCUT2D eigenvalue weighted by molar-refractivity contribution is 7.89. The van der Waals surface area contributed by atoms with Gasteiger partial charge < -0.3 is 4.74 Å². The Morgan fingerprint density at radius 2 is 1.82 bits per heavy atom. The van der Waals surface area contributed by atoms with E-state index in [2.05, 4.69) is 0 Å². The summed E-state index contributed by atoms with van der Waals surface area (Å²) in [7, 11) is -3.90. The molecule has 0 aromatic heterocycles. The third kappa shape index (κ3) is 7.40. The van der Waals surface area contributed by atoms with E-state index in [4.69, 9.17) is 16.3 Å². The van der Waals surface area contributed by atoms with Crippen LogP contribution in [0.15, 0.2) is 30.3 Å². The van der Waals surface area contributed by atoms with E-state index in [-0.39, 0.29) is 49.2 Å². The molecule has 0 unspecified atom stereocenters. The quantitative estimate of drug-likeness (QED) is 0.379. The Labute approximate surface area is 228 Å². The summed E-state index contributed by atoms with van der Waals surface area (Å²) in [5.74, 6) is -2.01. The maximum Gasteiger partial charge on any atom is 0.416 e. The summed E-state index contributed by atoms with van der Waals surface area (Å²) in [5.41, 5.74) is -2.17. The Hall–Kier alpha value is -2.44. The highest BCUT2D eigenvalue weighted by atomic mass is 35.5. The van der Waals surface area contributed by atoms with Gasteiger partial charge in [0.15, 0.2) is 0 Å². The number of likely N-dealkylation sites (tertiary alicyclic amines) is 1. The molecule has 0 bridgehead atoms. The van der Waals surface area contributed by atoms with Crippen molar-refractivity contribution in [3.8, 4) is 5.75 Å². The van der Waals surface area contributed by atoms with Crippen molar-refractivity contribution in [2.24, 2.45) is 0 Å². The van der Waals surface area contributed by atoms with Crippen molar-refractivity contribution in [2.75, 3.05) is 26.0 Å². The molecule has 214 valence electrons. The van der Waals surface area contributed by atoms with Crippen LogP contribution in [0.3, 0.4) is 0 Å². The van der Waals surface area contributed by atoms with Crippen LogP contribution < -0.4 is 9.46 Å². The lowest BCUT2D eigenvalue weighted by Crippen LogP contribution is -2.45. The fourth-order valence-electron chi connectivity index (χ4n) is 4.70. The number of carbonyl (C=O) groups excluding carboxylic acids is 1. The number of rotatable bonds is 8. The number of hydrogen-bond acceptors (Lipinski definition) is 5. The Morgan fingerprint density at radius 1 is 1.18 bits per heavy atom. The summed E-state index contributed by atoms with van der Waals surface area (Å²) < 4.78 is 100. The molecule has 1 N–H and O–H groups in total. The fraction of sp³-hybridized carbons (Fsp3) is 0.500. The summed E-state index contributed by atoms with van der Waals surface area (Å²) in [5, 5.41) is -0.0320. The van der Waals surface area contributed by atoms with E-state index < -0.39 is 50.8 Å². The van der Waals surface area contributed by atoms with Gasteiger partial charge in [-0.05, 0) is 73.9 Å². The number of benzene rings is 2. The first kappa shape index (κ1) is 29.5. The molecule has 1 amide bonds. The van der Waals surface area contributed by atoms with Gasteiger partial charge in [0, 0.05) is 30.2 Å².